The average molecular weight is 484 g/mol. The molecule has 0 saturated carbocycles. The highest BCUT2D eigenvalue weighted by Crippen LogP contribution is 2.12. The Morgan fingerprint density at radius 1 is 0.947 bits per heavy atom. The van der Waals surface area contributed by atoms with E-state index in [4.69, 9.17) is 5.21 Å². The van der Waals surface area contributed by atoms with Crippen molar-refractivity contribution in [1.29, 1.82) is 0 Å². The fourth-order valence-corrected chi connectivity index (χ4v) is 1.81. The zero-order valence-corrected chi connectivity index (χ0v) is 13.9. The molecule has 0 aliphatic rings. The molecule has 5 nitrogen and oxygen atoms in total. The van der Waals surface area contributed by atoms with Gasteiger partial charge in [0, 0.05) is 19.3 Å². The van der Waals surface area contributed by atoms with Crippen LogP contribution in [0.2, 0.25) is 0 Å². The van der Waals surface area contributed by atoms with Crippen LogP contribution in [-0.4, -0.2) is 10.1 Å². The first-order valence-electron chi connectivity index (χ1n) is 5.08. The summed E-state index contributed by atoms with van der Waals surface area (Å²) in [6, 6.07) is 13.8. The smallest absolute Gasteiger partial charge is 0.269 e. The molecule has 2 aromatic rings. The SMILES string of the molecule is O=[N+]([O-])c1ccc(I)cc1.ONc1ccc(I)cc1. The Kier molecular flexibility index (Phi) is 7.02. The van der Waals surface area contributed by atoms with Crippen molar-refractivity contribution in [3.8, 4) is 0 Å². The van der Waals surface area contributed by atoms with Gasteiger partial charge in [0.15, 0.2) is 0 Å². The van der Waals surface area contributed by atoms with Crippen LogP contribution in [0.4, 0.5) is 11.4 Å². The third-order valence-corrected chi connectivity index (χ3v) is 3.45. The van der Waals surface area contributed by atoms with Gasteiger partial charge >= 0.3 is 0 Å². The van der Waals surface area contributed by atoms with E-state index in [1.54, 1.807) is 12.1 Å². The van der Waals surface area contributed by atoms with Crippen LogP contribution in [0.15, 0.2) is 48.5 Å². The fraction of sp³-hybridized carbons (Fsp3) is 0. The van der Waals surface area contributed by atoms with Crippen LogP contribution in [0.25, 0.3) is 0 Å². The molecule has 2 N–H and O–H groups in total. The van der Waals surface area contributed by atoms with Crippen LogP contribution in [0, 0.1) is 17.3 Å². The lowest BCUT2D eigenvalue weighted by Crippen LogP contribution is -1.87. The number of non-ortho nitro benzene ring substituents is 1. The third-order valence-electron chi connectivity index (χ3n) is 2.01. The standard InChI is InChI=1S/C6H4INO2.C6H6INO/c7-5-1-3-6(4-2-5)8(9)10;7-5-1-3-6(8-9)4-2-5/h1-4H;1-4,8-9H. The van der Waals surface area contributed by atoms with Gasteiger partial charge in [0.05, 0.1) is 10.6 Å². The molecule has 2 aromatic carbocycles. The summed E-state index contributed by atoms with van der Waals surface area (Å²) in [7, 11) is 0. The molecule has 0 aliphatic heterocycles. The van der Waals surface area contributed by atoms with Crippen molar-refractivity contribution in [2.75, 3.05) is 5.48 Å². The highest BCUT2D eigenvalue weighted by Gasteiger charge is 2.01. The van der Waals surface area contributed by atoms with Gasteiger partial charge in [0.1, 0.15) is 0 Å². The minimum atomic E-state index is -0.407. The number of benzene rings is 2. The van der Waals surface area contributed by atoms with Crippen LogP contribution in [0.1, 0.15) is 0 Å². The van der Waals surface area contributed by atoms with E-state index in [0.29, 0.717) is 0 Å². The van der Waals surface area contributed by atoms with E-state index in [2.05, 4.69) is 50.7 Å². The number of hydrogen-bond donors (Lipinski definition) is 2. The van der Waals surface area contributed by atoms with Crippen molar-refractivity contribution < 1.29 is 10.1 Å². The molecule has 0 atom stereocenters. The summed E-state index contributed by atoms with van der Waals surface area (Å²) >= 11 is 4.30. The molecule has 0 unspecified atom stereocenters. The van der Waals surface area contributed by atoms with Gasteiger partial charge in [-0.1, -0.05) is 0 Å². The number of nitrogens with one attached hydrogen (secondary N) is 1. The van der Waals surface area contributed by atoms with Gasteiger partial charge in [-0.2, -0.15) is 0 Å². The lowest BCUT2D eigenvalue weighted by molar-refractivity contribution is -0.384. The molecule has 0 saturated heterocycles. The Bertz CT molecular complexity index is 530. The van der Waals surface area contributed by atoms with Gasteiger partial charge in [-0.25, -0.2) is 0 Å². The monoisotopic (exact) mass is 484 g/mol. The summed E-state index contributed by atoms with van der Waals surface area (Å²) in [6.07, 6.45) is 0. The summed E-state index contributed by atoms with van der Waals surface area (Å²) in [6.45, 7) is 0. The van der Waals surface area contributed by atoms with E-state index in [-0.39, 0.29) is 5.69 Å². The van der Waals surface area contributed by atoms with Crippen molar-refractivity contribution >= 4 is 56.6 Å². The molecule has 0 fully saturated rings. The maximum absolute atomic E-state index is 10.1. The predicted octanol–water partition coefficient (Wildman–Crippen LogP) is 4.29. The van der Waals surface area contributed by atoms with Gasteiger partial charge < -0.3 is 0 Å². The van der Waals surface area contributed by atoms with E-state index in [9.17, 15) is 10.1 Å². The first-order chi connectivity index (χ1) is 9.02. The summed E-state index contributed by atoms with van der Waals surface area (Å²) in [4.78, 5) is 9.71. The Balaban J connectivity index is 0.000000191. The first kappa shape index (κ1) is 16.1. The van der Waals surface area contributed by atoms with Gasteiger partial charge in [-0.3, -0.25) is 20.8 Å². The molecule has 100 valence electrons. The fourth-order valence-electron chi connectivity index (χ4n) is 1.09. The lowest BCUT2D eigenvalue weighted by Gasteiger charge is -1.95. The topological polar surface area (TPSA) is 75.4 Å². The molecule has 0 aliphatic carbocycles. The number of hydrogen-bond acceptors (Lipinski definition) is 4. The Morgan fingerprint density at radius 3 is 1.74 bits per heavy atom. The van der Waals surface area contributed by atoms with E-state index < -0.39 is 4.92 Å². The minimum absolute atomic E-state index is 0.139. The van der Waals surface area contributed by atoms with Gasteiger partial charge in [-0.05, 0) is 81.6 Å². The summed E-state index contributed by atoms with van der Waals surface area (Å²) < 4.78 is 2.16. The van der Waals surface area contributed by atoms with Gasteiger partial charge in [-0.15, -0.1) is 0 Å². The molecule has 0 heterocycles. The van der Waals surface area contributed by atoms with Gasteiger partial charge in [0.25, 0.3) is 5.69 Å². The van der Waals surface area contributed by atoms with Gasteiger partial charge in [0.2, 0.25) is 0 Å². The zero-order valence-electron chi connectivity index (χ0n) is 9.59. The number of halogens is 2. The molecule has 0 amide bonds. The third kappa shape index (κ3) is 6.16. The van der Waals surface area contributed by atoms with Crippen molar-refractivity contribution in [3.63, 3.8) is 0 Å². The summed E-state index contributed by atoms with van der Waals surface area (Å²) in [5.74, 6) is 0. The highest BCUT2D eigenvalue weighted by molar-refractivity contribution is 14.1. The molecule has 0 aromatic heterocycles. The minimum Gasteiger partial charge on any atom is -0.291 e. The second-order valence-electron chi connectivity index (χ2n) is 3.35. The maximum atomic E-state index is 10.1. The quantitative estimate of drug-likeness (QED) is 0.379. The van der Waals surface area contributed by atoms with Crippen LogP contribution < -0.4 is 5.48 Å². The maximum Gasteiger partial charge on any atom is 0.269 e. The predicted molar refractivity (Wildman–Crippen MR) is 90.4 cm³/mol. The van der Waals surface area contributed by atoms with E-state index in [1.165, 1.54) is 12.1 Å². The van der Waals surface area contributed by atoms with Crippen LogP contribution in [-0.2, 0) is 0 Å². The second-order valence-corrected chi connectivity index (χ2v) is 5.84. The number of anilines is 1. The van der Waals surface area contributed by atoms with Crippen molar-refractivity contribution in [1.82, 2.24) is 0 Å². The summed E-state index contributed by atoms with van der Waals surface area (Å²) in [5, 5.41) is 18.5. The van der Waals surface area contributed by atoms with Crippen LogP contribution in [0.5, 0.6) is 0 Å². The molecular formula is C12H10I2N2O3. The average Bonchev–Trinajstić information content (AvgIpc) is 2.41. The molecule has 7 heteroatoms. The largest absolute Gasteiger partial charge is 0.291 e. The Morgan fingerprint density at radius 2 is 1.37 bits per heavy atom. The van der Waals surface area contributed by atoms with Crippen LogP contribution in [0.3, 0.4) is 0 Å². The molecule has 2 rings (SSSR count). The summed E-state index contributed by atoms with van der Waals surface area (Å²) in [5.41, 5.74) is 2.91. The normalized spacial score (nSPS) is 9.21. The number of rotatable bonds is 2. The number of nitro benzene ring substituents is 1. The Labute approximate surface area is 137 Å². The van der Waals surface area contributed by atoms with Crippen LogP contribution >= 0.6 is 45.2 Å². The number of nitrogens with zero attached hydrogens (tertiary/aromatic N) is 1. The molecule has 19 heavy (non-hydrogen) atoms. The highest BCUT2D eigenvalue weighted by atomic mass is 127. The lowest BCUT2D eigenvalue weighted by atomic mass is 10.3. The zero-order chi connectivity index (χ0) is 14.3. The first-order valence-corrected chi connectivity index (χ1v) is 7.24. The molecule has 0 radical (unpaired) electrons. The second kappa shape index (κ2) is 8.27. The van der Waals surface area contributed by atoms with Crippen molar-refractivity contribution in [3.05, 3.63) is 65.8 Å². The van der Waals surface area contributed by atoms with Crippen molar-refractivity contribution in [2.45, 2.75) is 0 Å². The Hall–Kier alpha value is -0.940. The van der Waals surface area contributed by atoms with E-state index in [0.717, 1.165) is 12.8 Å². The van der Waals surface area contributed by atoms with Crippen molar-refractivity contribution in [2.24, 2.45) is 0 Å². The number of nitro groups is 1. The molecular weight excluding hydrogens is 474 g/mol. The molecule has 0 bridgehead atoms. The van der Waals surface area contributed by atoms with E-state index in [1.807, 2.05) is 24.3 Å². The molecule has 0 spiro atoms. The van der Waals surface area contributed by atoms with E-state index >= 15 is 0 Å².